The number of pyridine rings is 1. The molecule has 2 heterocycles. The number of rotatable bonds is 3. The molecule has 0 saturated heterocycles. The van der Waals surface area contributed by atoms with Crippen LogP contribution in [0, 0.1) is 6.07 Å². The molecule has 0 bridgehead atoms. The summed E-state index contributed by atoms with van der Waals surface area (Å²) in [6.45, 7) is 0. The zero-order valence-electron chi connectivity index (χ0n) is 13.9. The summed E-state index contributed by atoms with van der Waals surface area (Å²) < 4.78 is 1.70. The van der Waals surface area contributed by atoms with E-state index in [0.29, 0.717) is 5.82 Å². The standard InChI is InChI=1S/C13H9N4.C6H5NO2.Ir/c1-3-7-11(8-4-1)13-14-15-16-17(13)12-9-5-2-6-10-12;8-6(9)5-3-1-2-4-7-5;/h1-7,9-10H;1-4H,(H,8,9);/q-1;;. The van der Waals surface area contributed by atoms with E-state index >= 15 is 0 Å². The van der Waals surface area contributed by atoms with Gasteiger partial charge in [-0.3, -0.25) is 0 Å². The molecule has 7 nitrogen and oxygen atoms in total. The summed E-state index contributed by atoms with van der Waals surface area (Å²) in [4.78, 5) is 13.7. The molecule has 0 aliphatic carbocycles. The van der Waals surface area contributed by atoms with Crippen LogP contribution in [-0.2, 0) is 20.1 Å². The molecule has 2 aromatic heterocycles. The largest absolute Gasteiger partial charge is 0.477 e. The van der Waals surface area contributed by atoms with Gasteiger partial charge in [-0.2, -0.15) is 5.10 Å². The predicted molar refractivity (Wildman–Crippen MR) is 94.6 cm³/mol. The van der Waals surface area contributed by atoms with E-state index in [1.54, 1.807) is 16.8 Å². The molecule has 4 aromatic rings. The molecule has 0 fully saturated rings. The Kier molecular flexibility index (Phi) is 7.48. The van der Waals surface area contributed by atoms with Gasteiger partial charge in [0.2, 0.25) is 0 Å². The van der Waals surface area contributed by atoms with Crippen LogP contribution in [0.2, 0.25) is 0 Å². The molecule has 0 atom stereocenters. The summed E-state index contributed by atoms with van der Waals surface area (Å²) in [5, 5.41) is 20.1. The number of benzene rings is 2. The molecule has 4 rings (SSSR count). The number of hydrogen-bond donors (Lipinski definition) is 1. The summed E-state index contributed by atoms with van der Waals surface area (Å²) in [5.41, 5.74) is 1.89. The van der Waals surface area contributed by atoms with Crippen molar-refractivity contribution in [1.82, 2.24) is 25.2 Å². The molecule has 137 valence electrons. The first-order valence-electron chi connectivity index (χ1n) is 7.71. The molecule has 0 saturated carbocycles. The number of para-hydroxylation sites is 1. The van der Waals surface area contributed by atoms with Crippen LogP contribution < -0.4 is 0 Å². The maximum Gasteiger partial charge on any atom is 0.354 e. The molecular formula is C19H14IrN5O2-. The third-order valence-electron chi connectivity index (χ3n) is 3.30. The topological polar surface area (TPSA) is 93.8 Å². The monoisotopic (exact) mass is 537 g/mol. The van der Waals surface area contributed by atoms with E-state index in [1.807, 2.05) is 54.6 Å². The van der Waals surface area contributed by atoms with Crippen LogP contribution in [0.1, 0.15) is 10.5 Å². The number of aromatic nitrogens is 5. The van der Waals surface area contributed by atoms with Crippen LogP contribution in [0.25, 0.3) is 17.1 Å². The maximum absolute atomic E-state index is 10.1. The van der Waals surface area contributed by atoms with Gasteiger partial charge in [-0.05, 0) is 34.7 Å². The zero-order chi connectivity index (χ0) is 18.2. The predicted octanol–water partition coefficient (Wildman–Crippen LogP) is 2.91. The van der Waals surface area contributed by atoms with Crippen molar-refractivity contribution in [2.75, 3.05) is 0 Å². The van der Waals surface area contributed by atoms with Gasteiger partial charge in [-0.15, -0.1) is 35.9 Å². The number of nitrogens with zero attached hydrogens (tertiary/aromatic N) is 5. The van der Waals surface area contributed by atoms with Crippen LogP contribution >= 0.6 is 0 Å². The maximum atomic E-state index is 10.1. The Hall–Kier alpha value is -3.22. The number of hydrogen-bond acceptors (Lipinski definition) is 5. The van der Waals surface area contributed by atoms with Gasteiger partial charge in [-0.25, -0.2) is 14.5 Å². The molecule has 0 aliphatic heterocycles. The van der Waals surface area contributed by atoms with Crippen molar-refractivity contribution in [3.63, 3.8) is 0 Å². The van der Waals surface area contributed by atoms with Crippen molar-refractivity contribution in [3.8, 4) is 17.1 Å². The van der Waals surface area contributed by atoms with Crippen molar-refractivity contribution in [2.45, 2.75) is 0 Å². The molecule has 2 aromatic carbocycles. The van der Waals surface area contributed by atoms with E-state index in [1.165, 1.54) is 12.3 Å². The Bertz CT molecular complexity index is 909. The van der Waals surface area contributed by atoms with Gasteiger partial charge in [0, 0.05) is 26.3 Å². The second kappa shape index (κ2) is 10.1. The van der Waals surface area contributed by atoms with Crippen molar-refractivity contribution in [1.29, 1.82) is 0 Å². The van der Waals surface area contributed by atoms with E-state index in [0.717, 1.165) is 11.3 Å². The fourth-order valence-corrected chi connectivity index (χ4v) is 2.12. The van der Waals surface area contributed by atoms with Gasteiger partial charge in [0.1, 0.15) is 11.5 Å². The Morgan fingerprint density at radius 2 is 1.70 bits per heavy atom. The van der Waals surface area contributed by atoms with E-state index in [9.17, 15) is 4.79 Å². The second-order valence-electron chi connectivity index (χ2n) is 5.05. The average Bonchev–Trinajstić information content (AvgIpc) is 3.20. The molecule has 1 radical (unpaired) electrons. The first-order chi connectivity index (χ1) is 12.8. The molecule has 27 heavy (non-hydrogen) atoms. The number of carboxylic acids is 1. The minimum atomic E-state index is -0.990. The van der Waals surface area contributed by atoms with Crippen LogP contribution in [0.5, 0.6) is 0 Å². The van der Waals surface area contributed by atoms with Gasteiger partial charge in [0.15, 0.2) is 0 Å². The van der Waals surface area contributed by atoms with Gasteiger partial charge >= 0.3 is 5.97 Å². The summed E-state index contributed by atoms with van der Waals surface area (Å²) in [7, 11) is 0. The molecule has 0 amide bonds. The molecule has 0 aliphatic rings. The number of carbonyl (C=O) groups is 1. The second-order valence-corrected chi connectivity index (χ2v) is 5.05. The van der Waals surface area contributed by atoms with E-state index in [-0.39, 0.29) is 25.8 Å². The number of carboxylic acid groups (broad SMARTS) is 1. The van der Waals surface area contributed by atoms with Crippen molar-refractivity contribution in [2.24, 2.45) is 0 Å². The molecule has 0 spiro atoms. The van der Waals surface area contributed by atoms with Crippen LogP contribution in [0.15, 0.2) is 79.0 Å². The minimum Gasteiger partial charge on any atom is -0.477 e. The normalized spacial score (nSPS) is 9.48. The van der Waals surface area contributed by atoms with Crippen LogP contribution in [-0.4, -0.2) is 36.3 Å². The molecule has 1 N–H and O–H groups in total. The third kappa shape index (κ3) is 5.37. The van der Waals surface area contributed by atoms with E-state index < -0.39 is 5.97 Å². The van der Waals surface area contributed by atoms with Crippen molar-refractivity contribution >= 4 is 5.97 Å². The number of aromatic carboxylic acids is 1. The van der Waals surface area contributed by atoms with E-state index in [2.05, 4.69) is 26.6 Å². The van der Waals surface area contributed by atoms with E-state index in [4.69, 9.17) is 5.11 Å². The summed E-state index contributed by atoms with van der Waals surface area (Å²) >= 11 is 0. The Labute approximate surface area is 169 Å². The summed E-state index contributed by atoms with van der Waals surface area (Å²) in [6.07, 6.45) is 1.45. The fraction of sp³-hybridized carbons (Fsp3) is 0. The first-order valence-corrected chi connectivity index (χ1v) is 7.71. The summed E-state index contributed by atoms with van der Waals surface area (Å²) in [6, 6.07) is 25.3. The summed E-state index contributed by atoms with van der Waals surface area (Å²) in [5.74, 6) is -0.299. The van der Waals surface area contributed by atoms with Crippen molar-refractivity contribution in [3.05, 3.63) is 90.8 Å². The average molecular weight is 537 g/mol. The SMILES string of the molecule is O=C(O)c1ccccn1.[Ir].[c-]1ccccc1-c1nnnn1-c1ccccc1. The fourth-order valence-electron chi connectivity index (χ4n) is 2.12. The third-order valence-corrected chi connectivity index (χ3v) is 3.30. The molecule has 8 heteroatoms. The van der Waals surface area contributed by atoms with Gasteiger partial charge in [0.25, 0.3) is 0 Å². The number of tetrazole rings is 1. The minimum absolute atomic E-state index is 0. The zero-order valence-corrected chi connectivity index (χ0v) is 16.3. The van der Waals surface area contributed by atoms with Crippen LogP contribution in [0.4, 0.5) is 0 Å². The van der Waals surface area contributed by atoms with Gasteiger partial charge in [0.05, 0.1) is 5.69 Å². The molecule has 0 unspecified atom stereocenters. The quantitative estimate of drug-likeness (QED) is 0.405. The molecular weight excluding hydrogens is 522 g/mol. The van der Waals surface area contributed by atoms with Crippen molar-refractivity contribution < 1.29 is 30.0 Å². The Balaban J connectivity index is 0.000000224. The smallest absolute Gasteiger partial charge is 0.354 e. The first kappa shape index (κ1) is 20.1. The van der Waals surface area contributed by atoms with Gasteiger partial charge in [-0.1, -0.05) is 24.3 Å². The van der Waals surface area contributed by atoms with Gasteiger partial charge < -0.3 is 5.11 Å². The van der Waals surface area contributed by atoms with Crippen LogP contribution in [0.3, 0.4) is 0 Å². The Morgan fingerprint density at radius 3 is 2.30 bits per heavy atom. The Morgan fingerprint density at radius 1 is 0.963 bits per heavy atom.